The molecule has 2 rings (SSSR count). The van der Waals surface area contributed by atoms with Gasteiger partial charge < -0.3 is 19.9 Å². The molecule has 144 valence electrons. The van der Waals surface area contributed by atoms with E-state index in [1.165, 1.54) is 0 Å². The number of ether oxygens (including phenoxy) is 1. The van der Waals surface area contributed by atoms with Crippen LogP contribution in [0.15, 0.2) is 29.3 Å². The molecule has 0 radical (unpaired) electrons. The predicted molar refractivity (Wildman–Crippen MR) is 111 cm³/mol. The molecule has 0 atom stereocenters. The van der Waals surface area contributed by atoms with Crippen molar-refractivity contribution in [2.75, 3.05) is 20.3 Å². The van der Waals surface area contributed by atoms with E-state index in [0.717, 1.165) is 23.0 Å². The van der Waals surface area contributed by atoms with Crippen LogP contribution in [0.2, 0.25) is 0 Å². The van der Waals surface area contributed by atoms with Crippen molar-refractivity contribution < 1.29 is 9.13 Å². The number of nitrogens with one attached hydrogen (secondary N) is 2. The van der Waals surface area contributed by atoms with Crippen LogP contribution in [0.25, 0.3) is 0 Å². The highest BCUT2D eigenvalue weighted by molar-refractivity contribution is 14.0. The molecule has 0 saturated heterocycles. The van der Waals surface area contributed by atoms with Gasteiger partial charge in [-0.2, -0.15) is 0 Å². The van der Waals surface area contributed by atoms with Crippen LogP contribution in [0.1, 0.15) is 23.6 Å². The van der Waals surface area contributed by atoms with Crippen molar-refractivity contribution in [1.82, 2.24) is 25.4 Å². The largest absolute Gasteiger partial charge is 0.497 e. The third kappa shape index (κ3) is 6.77. The minimum Gasteiger partial charge on any atom is -0.497 e. The van der Waals surface area contributed by atoms with E-state index in [2.05, 4.69) is 25.8 Å². The second-order valence-electron chi connectivity index (χ2n) is 5.56. The lowest BCUT2D eigenvalue weighted by atomic mass is 10.2. The van der Waals surface area contributed by atoms with E-state index in [1.807, 2.05) is 42.8 Å². The molecule has 0 fully saturated rings. The molecule has 9 heteroatoms. The molecule has 0 aliphatic carbocycles. The predicted octanol–water partition coefficient (Wildman–Crippen LogP) is 2.35. The third-order valence-electron chi connectivity index (χ3n) is 3.78. The van der Waals surface area contributed by atoms with Crippen molar-refractivity contribution in [2.45, 2.75) is 26.4 Å². The van der Waals surface area contributed by atoms with E-state index in [4.69, 9.17) is 4.74 Å². The van der Waals surface area contributed by atoms with Crippen LogP contribution in [0.3, 0.4) is 0 Å². The van der Waals surface area contributed by atoms with E-state index in [1.54, 1.807) is 7.11 Å². The fraction of sp³-hybridized carbons (Fsp3) is 0.471. The summed E-state index contributed by atoms with van der Waals surface area (Å²) in [6.45, 7) is 3.05. The Bertz CT molecular complexity index is 689. The standard InChI is InChI=1S/C17H25FN6O.HI/c1-13-22-23-16(24(13)2)12-21-17(19-10-4-9-18)20-11-14-5-7-15(25-3)8-6-14;/h5-8H,4,9-12H2,1-3H3,(H2,19,20,21);1H. The highest BCUT2D eigenvalue weighted by atomic mass is 127. The summed E-state index contributed by atoms with van der Waals surface area (Å²) in [5.41, 5.74) is 1.06. The molecule has 1 aromatic carbocycles. The zero-order valence-electron chi connectivity index (χ0n) is 15.3. The highest BCUT2D eigenvalue weighted by Gasteiger charge is 2.06. The van der Waals surface area contributed by atoms with Crippen molar-refractivity contribution in [3.63, 3.8) is 0 Å². The Balaban J connectivity index is 0.00000338. The van der Waals surface area contributed by atoms with Gasteiger partial charge in [0.2, 0.25) is 0 Å². The Kier molecular flexibility index (Phi) is 9.92. The van der Waals surface area contributed by atoms with Crippen LogP contribution in [0.5, 0.6) is 5.75 Å². The molecule has 2 N–H and O–H groups in total. The summed E-state index contributed by atoms with van der Waals surface area (Å²) in [7, 11) is 3.55. The Hall–Kier alpha value is -1.91. The van der Waals surface area contributed by atoms with Crippen LogP contribution in [0, 0.1) is 6.92 Å². The summed E-state index contributed by atoms with van der Waals surface area (Å²) in [4.78, 5) is 4.55. The molecule has 26 heavy (non-hydrogen) atoms. The van der Waals surface area contributed by atoms with Gasteiger partial charge in [-0.05, 0) is 31.0 Å². The number of hydrogen-bond acceptors (Lipinski definition) is 4. The lowest BCUT2D eigenvalue weighted by Gasteiger charge is -2.12. The first kappa shape index (κ1) is 22.1. The summed E-state index contributed by atoms with van der Waals surface area (Å²) < 4.78 is 19.4. The van der Waals surface area contributed by atoms with Crippen LogP contribution in [0.4, 0.5) is 4.39 Å². The Morgan fingerprint density at radius 1 is 1.23 bits per heavy atom. The zero-order chi connectivity index (χ0) is 18.1. The van der Waals surface area contributed by atoms with Crippen molar-refractivity contribution in [3.05, 3.63) is 41.5 Å². The van der Waals surface area contributed by atoms with Gasteiger partial charge in [0.05, 0.1) is 26.9 Å². The monoisotopic (exact) mass is 476 g/mol. The summed E-state index contributed by atoms with van der Waals surface area (Å²) in [5.74, 6) is 3.08. The van der Waals surface area contributed by atoms with Crippen LogP contribution in [-0.2, 0) is 20.1 Å². The number of aryl methyl sites for hydroxylation is 1. The molecule has 0 saturated carbocycles. The molecular formula is C17H26FIN6O. The lowest BCUT2D eigenvalue weighted by molar-refractivity contribution is 0.414. The van der Waals surface area contributed by atoms with Crippen LogP contribution in [-0.4, -0.2) is 41.1 Å². The number of alkyl halides is 1. The van der Waals surface area contributed by atoms with Gasteiger partial charge in [0.15, 0.2) is 11.8 Å². The van der Waals surface area contributed by atoms with E-state index in [0.29, 0.717) is 32.0 Å². The second kappa shape index (κ2) is 11.7. The molecule has 0 aliphatic rings. The van der Waals surface area contributed by atoms with Gasteiger partial charge in [0.1, 0.15) is 11.6 Å². The molecular weight excluding hydrogens is 450 g/mol. The van der Waals surface area contributed by atoms with Crippen LogP contribution < -0.4 is 15.4 Å². The van der Waals surface area contributed by atoms with E-state index < -0.39 is 0 Å². The Labute approximate surface area is 170 Å². The maximum absolute atomic E-state index is 12.3. The van der Waals surface area contributed by atoms with E-state index in [-0.39, 0.29) is 30.7 Å². The maximum atomic E-state index is 12.3. The molecule has 0 unspecified atom stereocenters. The molecule has 0 amide bonds. The number of aliphatic imine (C=N–C) groups is 1. The highest BCUT2D eigenvalue weighted by Crippen LogP contribution is 2.11. The topological polar surface area (TPSA) is 76.4 Å². The molecule has 0 bridgehead atoms. The SMILES string of the molecule is COc1ccc(CN=C(NCCCF)NCc2nnc(C)n2C)cc1.I. The average Bonchev–Trinajstić information content (AvgIpc) is 2.96. The number of benzene rings is 1. The first-order chi connectivity index (χ1) is 12.1. The van der Waals surface area contributed by atoms with Crippen molar-refractivity contribution in [2.24, 2.45) is 12.0 Å². The maximum Gasteiger partial charge on any atom is 0.191 e. The van der Waals surface area contributed by atoms with Gasteiger partial charge >= 0.3 is 0 Å². The molecule has 2 aromatic rings. The van der Waals surface area contributed by atoms with E-state index >= 15 is 0 Å². The number of rotatable bonds is 8. The minimum atomic E-state index is -0.360. The average molecular weight is 476 g/mol. The number of nitrogens with zero attached hydrogens (tertiary/aromatic N) is 4. The molecule has 1 heterocycles. The number of hydrogen-bond donors (Lipinski definition) is 2. The summed E-state index contributed by atoms with van der Waals surface area (Å²) in [6, 6.07) is 7.73. The quantitative estimate of drug-likeness (QED) is 0.265. The second-order valence-corrected chi connectivity index (χ2v) is 5.56. The molecule has 0 spiro atoms. The van der Waals surface area contributed by atoms with E-state index in [9.17, 15) is 4.39 Å². The van der Waals surface area contributed by atoms with Gasteiger partial charge in [-0.15, -0.1) is 34.2 Å². The number of methoxy groups -OCH3 is 1. The normalized spacial score (nSPS) is 11.0. The van der Waals surface area contributed by atoms with Crippen LogP contribution >= 0.6 is 24.0 Å². The van der Waals surface area contributed by atoms with Crippen molar-refractivity contribution in [1.29, 1.82) is 0 Å². The number of aromatic nitrogens is 3. The minimum absolute atomic E-state index is 0. The fourth-order valence-electron chi connectivity index (χ4n) is 2.12. The van der Waals surface area contributed by atoms with Gasteiger partial charge in [0.25, 0.3) is 0 Å². The zero-order valence-corrected chi connectivity index (χ0v) is 17.7. The summed E-state index contributed by atoms with van der Waals surface area (Å²) in [6.07, 6.45) is 0.437. The Morgan fingerprint density at radius 3 is 2.54 bits per heavy atom. The number of guanidine groups is 1. The van der Waals surface area contributed by atoms with Gasteiger partial charge in [-0.25, -0.2) is 4.99 Å². The van der Waals surface area contributed by atoms with Gasteiger partial charge in [-0.1, -0.05) is 12.1 Å². The van der Waals surface area contributed by atoms with Crippen molar-refractivity contribution >= 4 is 29.9 Å². The van der Waals surface area contributed by atoms with Gasteiger partial charge in [0, 0.05) is 13.6 Å². The first-order valence-corrected chi connectivity index (χ1v) is 8.20. The summed E-state index contributed by atoms with van der Waals surface area (Å²) in [5, 5.41) is 14.5. The van der Waals surface area contributed by atoms with Gasteiger partial charge in [-0.3, -0.25) is 4.39 Å². The molecule has 1 aromatic heterocycles. The Morgan fingerprint density at radius 2 is 1.96 bits per heavy atom. The lowest BCUT2D eigenvalue weighted by Crippen LogP contribution is -2.38. The number of halogens is 2. The molecule has 0 aliphatic heterocycles. The fourth-order valence-corrected chi connectivity index (χ4v) is 2.12. The smallest absolute Gasteiger partial charge is 0.191 e. The van der Waals surface area contributed by atoms with Crippen molar-refractivity contribution in [3.8, 4) is 5.75 Å². The summed E-state index contributed by atoms with van der Waals surface area (Å²) >= 11 is 0. The molecule has 7 nitrogen and oxygen atoms in total. The third-order valence-corrected chi connectivity index (χ3v) is 3.78. The first-order valence-electron chi connectivity index (χ1n) is 8.20.